The summed E-state index contributed by atoms with van der Waals surface area (Å²) >= 11 is 0. The SMILES string of the molecule is CC1=C2C=CCC(=O)O[C@@H]2CC2C1[C@H](O)C[C@@]1(C)C2CC[C@@H]1[C@H](C)CC[C@H](C)C(C)C. The van der Waals surface area contributed by atoms with Crippen LogP contribution in [0.5, 0.6) is 0 Å². The van der Waals surface area contributed by atoms with Gasteiger partial charge in [0.05, 0.1) is 12.5 Å². The molecule has 1 heterocycles. The van der Waals surface area contributed by atoms with E-state index in [9.17, 15) is 9.90 Å². The normalized spacial score (nSPS) is 41.9. The summed E-state index contributed by atoms with van der Waals surface area (Å²) in [6, 6.07) is 0. The Morgan fingerprint density at radius 1 is 1.19 bits per heavy atom. The van der Waals surface area contributed by atoms with Crippen LogP contribution in [-0.2, 0) is 9.53 Å². The molecule has 1 N–H and O–H groups in total. The summed E-state index contributed by atoms with van der Waals surface area (Å²) in [6.45, 7) is 14.2. The summed E-state index contributed by atoms with van der Waals surface area (Å²) in [5.74, 6) is 4.07. The highest BCUT2D eigenvalue weighted by Gasteiger charge is 2.59. The van der Waals surface area contributed by atoms with Gasteiger partial charge in [0, 0.05) is 5.92 Å². The summed E-state index contributed by atoms with van der Waals surface area (Å²) in [6.07, 6.45) is 10.9. The molecule has 4 aliphatic rings. The molecule has 0 bridgehead atoms. The molecule has 2 fully saturated rings. The zero-order chi connectivity index (χ0) is 22.5. The number of carbonyl (C=O) groups is 1. The number of fused-ring (bicyclic) bond motifs is 4. The van der Waals surface area contributed by atoms with Gasteiger partial charge in [-0.05, 0) is 79.1 Å². The summed E-state index contributed by atoms with van der Waals surface area (Å²) < 4.78 is 5.87. The fraction of sp³-hybridized carbons (Fsp3) is 0.821. The molecular formula is C28H44O3. The van der Waals surface area contributed by atoms with Crippen LogP contribution in [-0.4, -0.2) is 23.3 Å². The maximum absolute atomic E-state index is 12.1. The van der Waals surface area contributed by atoms with E-state index in [2.05, 4.69) is 47.6 Å². The number of esters is 1. The quantitative estimate of drug-likeness (QED) is 0.521. The smallest absolute Gasteiger partial charge is 0.310 e. The Kier molecular flexibility index (Phi) is 6.47. The van der Waals surface area contributed by atoms with Crippen LogP contribution in [0.25, 0.3) is 0 Å². The molecule has 3 heteroatoms. The van der Waals surface area contributed by atoms with Crippen LogP contribution < -0.4 is 0 Å². The van der Waals surface area contributed by atoms with Crippen molar-refractivity contribution in [3.63, 3.8) is 0 Å². The summed E-state index contributed by atoms with van der Waals surface area (Å²) in [5.41, 5.74) is 2.62. The van der Waals surface area contributed by atoms with E-state index in [0.717, 1.165) is 30.3 Å². The van der Waals surface area contributed by atoms with Gasteiger partial charge in [-0.2, -0.15) is 0 Å². The molecule has 9 atom stereocenters. The van der Waals surface area contributed by atoms with Crippen molar-refractivity contribution in [1.82, 2.24) is 0 Å². The van der Waals surface area contributed by atoms with Crippen molar-refractivity contribution in [3.8, 4) is 0 Å². The first kappa shape index (κ1) is 23.1. The van der Waals surface area contributed by atoms with Gasteiger partial charge in [-0.3, -0.25) is 4.79 Å². The second-order valence-corrected chi connectivity index (χ2v) is 12.0. The van der Waals surface area contributed by atoms with Crippen molar-refractivity contribution in [2.45, 2.75) is 98.7 Å². The Morgan fingerprint density at radius 2 is 1.94 bits per heavy atom. The molecule has 0 saturated heterocycles. The first-order valence-electron chi connectivity index (χ1n) is 12.9. The number of rotatable bonds is 5. The lowest BCUT2D eigenvalue weighted by Gasteiger charge is -2.54. The van der Waals surface area contributed by atoms with E-state index in [0.29, 0.717) is 30.1 Å². The van der Waals surface area contributed by atoms with Gasteiger partial charge in [-0.25, -0.2) is 0 Å². The molecule has 0 aromatic carbocycles. The highest BCUT2D eigenvalue weighted by atomic mass is 16.5. The van der Waals surface area contributed by atoms with Crippen LogP contribution >= 0.6 is 0 Å². The third kappa shape index (κ3) is 4.05. The molecule has 31 heavy (non-hydrogen) atoms. The van der Waals surface area contributed by atoms with Crippen molar-refractivity contribution in [3.05, 3.63) is 23.3 Å². The van der Waals surface area contributed by atoms with Crippen molar-refractivity contribution in [1.29, 1.82) is 0 Å². The predicted octanol–water partition coefficient (Wildman–Crippen LogP) is 6.32. The lowest BCUT2D eigenvalue weighted by atomic mass is 9.52. The molecule has 4 rings (SSSR count). The maximum Gasteiger partial charge on any atom is 0.310 e. The van der Waals surface area contributed by atoms with Gasteiger partial charge < -0.3 is 9.84 Å². The summed E-state index contributed by atoms with van der Waals surface area (Å²) in [7, 11) is 0. The number of aliphatic hydroxyl groups excluding tert-OH is 1. The number of hydrogen-bond donors (Lipinski definition) is 1. The lowest BCUT2D eigenvalue weighted by Crippen LogP contribution is -2.52. The van der Waals surface area contributed by atoms with Crippen molar-refractivity contribution in [2.75, 3.05) is 0 Å². The van der Waals surface area contributed by atoms with Gasteiger partial charge in [0.15, 0.2) is 0 Å². The van der Waals surface area contributed by atoms with Crippen molar-refractivity contribution < 1.29 is 14.6 Å². The molecule has 0 spiro atoms. The topological polar surface area (TPSA) is 46.5 Å². The minimum Gasteiger partial charge on any atom is -0.457 e. The van der Waals surface area contributed by atoms with E-state index in [1.807, 2.05) is 6.08 Å². The maximum atomic E-state index is 12.1. The number of hydrogen-bond acceptors (Lipinski definition) is 3. The standard InChI is InChI=1S/C28H44O3/c1-16(2)17(3)10-11-18(4)22-12-13-23-21-14-25-20(8-7-9-26(30)31-25)19(5)27(21)24(29)15-28(22,23)6/h7-8,16-18,21-25,27,29H,9-15H2,1-6H3/t17-,18+,21?,22+,23?,24+,25+,27?,28+/m0/s1. The average molecular weight is 429 g/mol. The molecule has 0 amide bonds. The van der Waals surface area contributed by atoms with Crippen LogP contribution in [0.2, 0.25) is 0 Å². The third-order valence-corrected chi connectivity index (χ3v) is 10.1. The molecule has 0 radical (unpaired) electrons. The van der Waals surface area contributed by atoms with Gasteiger partial charge in [-0.15, -0.1) is 0 Å². The molecule has 0 aromatic heterocycles. The summed E-state index contributed by atoms with van der Waals surface area (Å²) in [4.78, 5) is 12.1. The van der Waals surface area contributed by atoms with Gasteiger partial charge in [-0.1, -0.05) is 65.2 Å². The van der Waals surface area contributed by atoms with Crippen LogP contribution in [0, 0.1) is 46.8 Å². The first-order valence-corrected chi connectivity index (χ1v) is 12.9. The van der Waals surface area contributed by atoms with Crippen molar-refractivity contribution in [2.24, 2.45) is 46.8 Å². The van der Waals surface area contributed by atoms with E-state index in [1.165, 1.54) is 31.3 Å². The molecule has 174 valence electrons. The van der Waals surface area contributed by atoms with Crippen LogP contribution in [0.3, 0.4) is 0 Å². The number of carbonyl (C=O) groups excluding carboxylic acids is 1. The second-order valence-electron chi connectivity index (χ2n) is 12.0. The molecule has 1 aliphatic heterocycles. The van der Waals surface area contributed by atoms with E-state index < -0.39 is 0 Å². The van der Waals surface area contributed by atoms with Crippen LogP contribution in [0.4, 0.5) is 0 Å². The zero-order valence-electron chi connectivity index (χ0n) is 20.6. The zero-order valence-corrected chi connectivity index (χ0v) is 20.6. The Morgan fingerprint density at radius 3 is 2.65 bits per heavy atom. The Bertz CT molecular complexity index is 749. The minimum atomic E-state index is -0.283. The fourth-order valence-corrected chi connectivity index (χ4v) is 7.99. The van der Waals surface area contributed by atoms with Crippen LogP contribution in [0.1, 0.15) is 86.5 Å². The molecular weight excluding hydrogens is 384 g/mol. The second kappa shape index (κ2) is 8.69. The fourth-order valence-electron chi connectivity index (χ4n) is 7.99. The van der Waals surface area contributed by atoms with Gasteiger partial charge in [0.1, 0.15) is 6.10 Å². The molecule has 3 unspecified atom stereocenters. The largest absolute Gasteiger partial charge is 0.457 e. The van der Waals surface area contributed by atoms with E-state index >= 15 is 0 Å². The first-order chi connectivity index (χ1) is 14.6. The Labute approximate surface area is 189 Å². The molecule has 3 nitrogen and oxygen atoms in total. The van der Waals surface area contributed by atoms with Crippen LogP contribution in [0.15, 0.2) is 23.3 Å². The minimum absolute atomic E-state index is 0.112. The van der Waals surface area contributed by atoms with Gasteiger partial charge >= 0.3 is 5.97 Å². The Balaban J connectivity index is 1.56. The Hall–Kier alpha value is -1.09. The highest BCUT2D eigenvalue weighted by molar-refractivity contribution is 5.73. The highest BCUT2D eigenvalue weighted by Crippen LogP contribution is 2.64. The van der Waals surface area contributed by atoms with E-state index in [-0.39, 0.29) is 29.5 Å². The van der Waals surface area contributed by atoms with Gasteiger partial charge in [0.2, 0.25) is 0 Å². The monoisotopic (exact) mass is 428 g/mol. The molecule has 3 aliphatic carbocycles. The predicted molar refractivity (Wildman–Crippen MR) is 125 cm³/mol. The summed E-state index contributed by atoms with van der Waals surface area (Å²) in [5, 5.41) is 11.4. The van der Waals surface area contributed by atoms with E-state index in [1.54, 1.807) is 0 Å². The van der Waals surface area contributed by atoms with Gasteiger partial charge in [0.25, 0.3) is 0 Å². The van der Waals surface area contributed by atoms with Crippen molar-refractivity contribution >= 4 is 5.97 Å². The molecule has 0 aromatic rings. The van der Waals surface area contributed by atoms with E-state index in [4.69, 9.17) is 4.74 Å². The average Bonchev–Trinajstić information content (AvgIpc) is 2.92. The number of aliphatic hydroxyl groups is 1. The molecule has 2 saturated carbocycles. The third-order valence-electron chi connectivity index (χ3n) is 10.1. The lowest BCUT2D eigenvalue weighted by molar-refractivity contribution is -0.149. The number of ether oxygens (including phenoxy) is 1.